The first-order valence-corrected chi connectivity index (χ1v) is 9.60. The lowest BCUT2D eigenvalue weighted by Gasteiger charge is -2.26. The molecule has 0 unspecified atom stereocenters. The van der Waals surface area contributed by atoms with Gasteiger partial charge in [-0.2, -0.15) is 0 Å². The minimum absolute atomic E-state index is 0.843. The highest BCUT2D eigenvalue weighted by molar-refractivity contribution is 5.79. The van der Waals surface area contributed by atoms with Gasteiger partial charge in [0, 0.05) is 17.1 Å². The maximum Gasteiger partial charge on any atom is 0.119 e. The van der Waals surface area contributed by atoms with Gasteiger partial charge in [-0.3, -0.25) is 0 Å². The van der Waals surface area contributed by atoms with Gasteiger partial charge in [-0.25, -0.2) is 0 Å². The summed E-state index contributed by atoms with van der Waals surface area (Å²) in [5, 5.41) is 0. The van der Waals surface area contributed by atoms with Crippen molar-refractivity contribution in [2.24, 2.45) is 0 Å². The standard InChI is InChI=1S/C27H23NO/c1-3-21-9-13-24(14-10-21)28(26-17-19-27(29-2)20-18-26)25-15-11-23(12-16-25)22-7-5-4-6-8-22/h3-20H,1H2,2H3. The molecule has 2 nitrogen and oxygen atoms in total. The number of anilines is 3. The zero-order valence-corrected chi connectivity index (χ0v) is 16.5. The van der Waals surface area contributed by atoms with E-state index >= 15 is 0 Å². The quantitative estimate of drug-likeness (QED) is 0.345. The van der Waals surface area contributed by atoms with E-state index in [0.717, 1.165) is 28.4 Å². The molecule has 4 aromatic carbocycles. The van der Waals surface area contributed by atoms with Crippen LogP contribution in [0.4, 0.5) is 17.1 Å². The molecule has 2 heteroatoms. The number of benzene rings is 4. The average molecular weight is 377 g/mol. The van der Waals surface area contributed by atoms with Gasteiger partial charge in [0.05, 0.1) is 7.11 Å². The predicted molar refractivity (Wildman–Crippen MR) is 123 cm³/mol. The van der Waals surface area contributed by atoms with Crippen LogP contribution in [0.2, 0.25) is 0 Å². The normalized spacial score (nSPS) is 10.4. The Balaban J connectivity index is 1.75. The zero-order valence-electron chi connectivity index (χ0n) is 16.5. The molecule has 0 fully saturated rings. The Hall–Kier alpha value is -3.78. The van der Waals surface area contributed by atoms with E-state index in [1.165, 1.54) is 11.1 Å². The van der Waals surface area contributed by atoms with Crippen molar-refractivity contribution in [3.05, 3.63) is 115 Å². The number of hydrogen-bond donors (Lipinski definition) is 0. The van der Waals surface area contributed by atoms with Gasteiger partial charge in [-0.05, 0) is 65.2 Å². The molecule has 0 spiro atoms. The third-order valence-electron chi connectivity index (χ3n) is 4.95. The van der Waals surface area contributed by atoms with Gasteiger partial charge >= 0.3 is 0 Å². The molecule has 0 bridgehead atoms. The number of hydrogen-bond acceptors (Lipinski definition) is 2. The molecule has 0 saturated carbocycles. The molecular weight excluding hydrogens is 354 g/mol. The summed E-state index contributed by atoms with van der Waals surface area (Å²) in [7, 11) is 1.68. The molecular formula is C27H23NO. The van der Waals surface area contributed by atoms with E-state index in [0.29, 0.717) is 0 Å². The van der Waals surface area contributed by atoms with Crippen LogP contribution in [-0.4, -0.2) is 7.11 Å². The highest BCUT2D eigenvalue weighted by Gasteiger charge is 2.13. The lowest BCUT2D eigenvalue weighted by Crippen LogP contribution is -2.09. The summed E-state index contributed by atoms with van der Waals surface area (Å²) in [6.45, 7) is 3.85. The van der Waals surface area contributed by atoms with Crippen molar-refractivity contribution in [2.45, 2.75) is 0 Å². The molecule has 0 saturated heterocycles. The molecule has 4 rings (SSSR count). The van der Waals surface area contributed by atoms with Crippen molar-refractivity contribution in [2.75, 3.05) is 12.0 Å². The lowest BCUT2D eigenvalue weighted by molar-refractivity contribution is 0.415. The summed E-state index contributed by atoms with van der Waals surface area (Å²) in [4.78, 5) is 2.24. The molecule has 29 heavy (non-hydrogen) atoms. The SMILES string of the molecule is C=Cc1ccc(N(c2ccc(OC)cc2)c2ccc(-c3ccccc3)cc2)cc1. The number of rotatable bonds is 6. The van der Waals surface area contributed by atoms with Crippen LogP contribution in [0.3, 0.4) is 0 Å². The predicted octanol–water partition coefficient (Wildman–Crippen LogP) is 7.48. The van der Waals surface area contributed by atoms with E-state index < -0.39 is 0 Å². The van der Waals surface area contributed by atoms with E-state index in [2.05, 4.69) is 96.4 Å². The first-order chi connectivity index (χ1) is 14.3. The van der Waals surface area contributed by atoms with Gasteiger partial charge in [0.25, 0.3) is 0 Å². The summed E-state index contributed by atoms with van der Waals surface area (Å²) in [5.74, 6) is 0.843. The molecule has 0 aliphatic heterocycles. The molecule has 142 valence electrons. The molecule has 0 amide bonds. The Bertz CT molecular complexity index is 1070. The van der Waals surface area contributed by atoms with Crippen LogP contribution in [-0.2, 0) is 0 Å². The van der Waals surface area contributed by atoms with Crippen LogP contribution in [0.1, 0.15) is 5.56 Å². The molecule has 0 N–H and O–H groups in total. The van der Waals surface area contributed by atoms with Crippen LogP contribution < -0.4 is 9.64 Å². The van der Waals surface area contributed by atoms with Crippen molar-refractivity contribution in [3.8, 4) is 16.9 Å². The van der Waals surface area contributed by atoms with Crippen molar-refractivity contribution < 1.29 is 4.74 Å². The van der Waals surface area contributed by atoms with Crippen LogP contribution in [0.15, 0.2) is 110 Å². The van der Waals surface area contributed by atoms with E-state index in [1.807, 2.05) is 24.3 Å². The van der Waals surface area contributed by atoms with Crippen LogP contribution in [0, 0.1) is 0 Å². The largest absolute Gasteiger partial charge is 0.497 e. The average Bonchev–Trinajstić information content (AvgIpc) is 2.81. The number of nitrogens with zero attached hydrogens (tertiary/aromatic N) is 1. The monoisotopic (exact) mass is 377 g/mol. The molecule has 0 radical (unpaired) electrons. The maximum absolute atomic E-state index is 5.33. The summed E-state index contributed by atoms with van der Waals surface area (Å²) >= 11 is 0. The van der Waals surface area contributed by atoms with Crippen molar-refractivity contribution in [1.82, 2.24) is 0 Å². The second-order valence-electron chi connectivity index (χ2n) is 6.74. The van der Waals surface area contributed by atoms with Gasteiger partial charge in [-0.15, -0.1) is 0 Å². The fraction of sp³-hybridized carbons (Fsp3) is 0.0370. The lowest BCUT2D eigenvalue weighted by atomic mass is 10.0. The third-order valence-corrected chi connectivity index (χ3v) is 4.95. The van der Waals surface area contributed by atoms with Crippen molar-refractivity contribution in [1.29, 1.82) is 0 Å². The highest BCUT2D eigenvalue weighted by Crippen LogP contribution is 2.36. The summed E-state index contributed by atoms with van der Waals surface area (Å²) in [5.41, 5.74) is 6.78. The van der Waals surface area contributed by atoms with Gasteiger partial charge in [0.15, 0.2) is 0 Å². The Labute approximate surface area is 172 Å². The van der Waals surface area contributed by atoms with Crippen molar-refractivity contribution in [3.63, 3.8) is 0 Å². The Morgan fingerprint density at radius 1 is 0.621 bits per heavy atom. The van der Waals surface area contributed by atoms with E-state index in [-0.39, 0.29) is 0 Å². The Kier molecular flexibility index (Phi) is 5.44. The molecule has 0 aromatic heterocycles. The highest BCUT2D eigenvalue weighted by atomic mass is 16.5. The molecule has 0 aliphatic rings. The number of methoxy groups -OCH3 is 1. The molecule has 0 aliphatic carbocycles. The fourth-order valence-electron chi connectivity index (χ4n) is 3.37. The van der Waals surface area contributed by atoms with E-state index in [9.17, 15) is 0 Å². The second kappa shape index (κ2) is 8.49. The van der Waals surface area contributed by atoms with Crippen LogP contribution in [0.5, 0.6) is 5.75 Å². The summed E-state index contributed by atoms with van der Waals surface area (Å²) < 4.78 is 5.33. The van der Waals surface area contributed by atoms with Crippen LogP contribution in [0.25, 0.3) is 17.2 Å². The van der Waals surface area contributed by atoms with Gasteiger partial charge in [0.1, 0.15) is 5.75 Å². The first-order valence-electron chi connectivity index (χ1n) is 9.60. The van der Waals surface area contributed by atoms with E-state index in [4.69, 9.17) is 4.74 Å². The van der Waals surface area contributed by atoms with Crippen LogP contribution >= 0.6 is 0 Å². The zero-order chi connectivity index (χ0) is 20.1. The summed E-state index contributed by atoms with van der Waals surface area (Å²) in [6.07, 6.45) is 1.86. The first kappa shape index (κ1) is 18.6. The minimum Gasteiger partial charge on any atom is -0.497 e. The fourth-order valence-corrected chi connectivity index (χ4v) is 3.37. The molecule has 0 atom stereocenters. The maximum atomic E-state index is 5.33. The summed E-state index contributed by atoms with van der Waals surface area (Å²) in [6, 6.07) is 35.6. The topological polar surface area (TPSA) is 12.5 Å². The molecule has 0 heterocycles. The van der Waals surface area contributed by atoms with Gasteiger partial charge in [0.2, 0.25) is 0 Å². The third kappa shape index (κ3) is 4.07. The van der Waals surface area contributed by atoms with E-state index in [1.54, 1.807) is 7.11 Å². The number of ether oxygens (including phenoxy) is 1. The Morgan fingerprint density at radius 3 is 1.62 bits per heavy atom. The van der Waals surface area contributed by atoms with Gasteiger partial charge < -0.3 is 9.64 Å². The minimum atomic E-state index is 0.843. The molecule has 4 aromatic rings. The smallest absolute Gasteiger partial charge is 0.119 e. The second-order valence-corrected chi connectivity index (χ2v) is 6.74. The van der Waals surface area contributed by atoms with Gasteiger partial charge in [-0.1, -0.05) is 67.3 Å². The Morgan fingerprint density at radius 2 is 1.10 bits per heavy atom. The van der Waals surface area contributed by atoms with Crippen molar-refractivity contribution >= 4 is 23.1 Å².